The fourth-order valence-corrected chi connectivity index (χ4v) is 2.70. The van der Waals surface area contributed by atoms with Gasteiger partial charge in [-0.3, -0.25) is 4.79 Å². The Labute approximate surface area is 160 Å². The van der Waals surface area contributed by atoms with E-state index in [0.717, 1.165) is 0 Å². The van der Waals surface area contributed by atoms with Crippen molar-refractivity contribution in [2.24, 2.45) is 0 Å². The summed E-state index contributed by atoms with van der Waals surface area (Å²) in [5.41, 5.74) is 1.17. The second-order valence-electron chi connectivity index (χ2n) is 6.04. The molecular weight excluding hydrogens is 367 g/mol. The number of hydrogen-bond acceptors (Lipinski definition) is 6. The van der Waals surface area contributed by atoms with Crippen molar-refractivity contribution in [3.8, 4) is 5.75 Å². The highest BCUT2D eigenvalue weighted by molar-refractivity contribution is 6.05. The van der Waals surface area contributed by atoms with Gasteiger partial charge in [0.1, 0.15) is 35.1 Å². The molecule has 3 rings (SSSR count). The normalized spacial score (nSPS) is 10.8. The number of hydrogen-bond donors (Lipinski definition) is 0. The predicted molar refractivity (Wildman–Crippen MR) is 99.3 cm³/mol. The van der Waals surface area contributed by atoms with E-state index >= 15 is 0 Å². The third kappa shape index (κ3) is 4.37. The van der Waals surface area contributed by atoms with Gasteiger partial charge >= 0.3 is 5.97 Å². The van der Waals surface area contributed by atoms with E-state index in [4.69, 9.17) is 18.6 Å². The lowest BCUT2D eigenvalue weighted by Gasteiger charge is -2.07. The molecule has 0 saturated carbocycles. The Morgan fingerprint density at radius 3 is 2.54 bits per heavy atom. The van der Waals surface area contributed by atoms with Crippen molar-refractivity contribution in [2.45, 2.75) is 6.92 Å². The summed E-state index contributed by atoms with van der Waals surface area (Å²) >= 11 is 0. The minimum atomic E-state index is -0.521. The van der Waals surface area contributed by atoms with Crippen molar-refractivity contribution in [3.63, 3.8) is 0 Å². The van der Waals surface area contributed by atoms with Crippen LogP contribution >= 0.6 is 0 Å². The Balaban J connectivity index is 1.75. The average molecular weight is 386 g/mol. The Morgan fingerprint density at radius 2 is 1.82 bits per heavy atom. The molecule has 0 unspecified atom stereocenters. The fraction of sp³-hybridized carbons (Fsp3) is 0.238. The molecule has 146 valence electrons. The number of furan rings is 1. The molecule has 0 fully saturated rings. The van der Waals surface area contributed by atoms with Crippen LogP contribution in [0.25, 0.3) is 11.0 Å². The SMILES string of the molecule is COCCOC(=O)c1c(C)oc2ccc(OCC(=O)c3ccc(F)cc3)cc12. The van der Waals surface area contributed by atoms with E-state index in [9.17, 15) is 14.0 Å². The quantitative estimate of drug-likeness (QED) is 0.332. The summed E-state index contributed by atoms with van der Waals surface area (Å²) in [6, 6.07) is 10.2. The topological polar surface area (TPSA) is 75.0 Å². The summed E-state index contributed by atoms with van der Waals surface area (Å²) in [6.45, 7) is 1.87. The highest BCUT2D eigenvalue weighted by Gasteiger charge is 2.20. The van der Waals surface area contributed by atoms with Gasteiger partial charge in [0.2, 0.25) is 0 Å². The minimum Gasteiger partial charge on any atom is -0.485 e. The number of ketones is 1. The van der Waals surface area contributed by atoms with Crippen molar-refractivity contribution in [3.05, 3.63) is 65.2 Å². The van der Waals surface area contributed by atoms with Gasteiger partial charge in [0.05, 0.1) is 6.61 Å². The van der Waals surface area contributed by atoms with E-state index in [1.165, 1.54) is 31.4 Å². The molecule has 0 aliphatic carbocycles. The number of carbonyl (C=O) groups is 2. The number of carbonyl (C=O) groups excluding carboxylic acids is 2. The summed E-state index contributed by atoms with van der Waals surface area (Å²) in [7, 11) is 1.52. The van der Waals surface area contributed by atoms with E-state index in [1.54, 1.807) is 25.1 Å². The number of ether oxygens (including phenoxy) is 3. The average Bonchev–Trinajstić information content (AvgIpc) is 3.01. The van der Waals surface area contributed by atoms with Crippen LogP contribution in [0.4, 0.5) is 4.39 Å². The zero-order valence-electron chi connectivity index (χ0n) is 15.5. The molecule has 0 spiro atoms. The van der Waals surface area contributed by atoms with Gasteiger partial charge in [-0.05, 0) is 49.4 Å². The maximum Gasteiger partial charge on any atom is 0.342 e. The molecule has 0 aliphatic rings. The highest BCUT2D eigenvalue weighted by Crippen LogP contribution is 2.29. The molecule has 6 nitrogen and oxygen atoms in total. The summed E-state index contributed by atoms with van der Waals surface area (Å²) in [6.07, 6.45) is 0. The second-order valence-corrected chi connectivity index (χ2v) is 6.04. The van der Waals surface area contributed by atoms with Crippen molar-refractivity contribution < 1.29 is 32.6 Å². The van der Waals surface area contributed by atoms with Crippen LogP contribution in [-0.4, -0.2) is 38.7 Å². The number of rotatable bonds is 8. The Morgan fingerprint density at radius 1 is 1.07 bits per heavy atom. The number of benzene rings is 2. The third-order valence-corrected chi connectivity index (χ3v) is 4.10. The van der Waals surface area contributed by atoms with Gasteiger partial charge in [-0.1, -0.05) is 0 Å². The summed E-state index contributed by atoms with van der Waals surface area (Å²) in [5, 5.41) is 0.534. The third-order valence-electron chi connectivity index (χ3n) is 4.10. The molecule has 2 aromatic carbocycles. The van der Waals surface area contributed by atoms with Gasteiger partial charge in [0.25, 0.3) is 0 Å². The molecule has 0 atom stereocenters. The Kier molecular flexibility index (Phi) is 6.06. The van der Waals surface area contributed by atoms with E-state index in [0.29, 0.717) is 40.2 Å². The maximum absolute atomic E-state index is 13.0. The molecule has 0 aliphatic heterocycles. The number of aryl methyl sites for hydroxylation is 1. The first kappa shape index (κ1) is 19.6. The number of methoxy groups -OCH3 is 1. The van der Waals surface area contributed by atoms with Crippen molar-refractivity contribution in [2.75, 3.05) is 26.9 Å². The number of fused-ring (bicyclic) bond motifs is 1. The second kappa shape index (κ2) is 8.67. The van der Waals surface area contributed by atoms with Gasteiger partial charge in [-0.15, -0.1) is 0 Å². The first-order valence-electron chi connectivity index (χ1n) is 8.60. The lowest BCUT2D eigenvalue weighted by molar-refractivity contribution is 0.0388. The zero-order chi connectivity index (χ0) is 20.1. The number of esters is 1. The van der Waals surface area contributed by atoms with Crippen LogP contribution in [-0.2, 0) is 9.47 Å². The first-order valence-corrected chi connectivity index (χ1v) is 8.60. The van der Waals surface area contributed by atoms with Gasteiger partial charge in [0.15, 0.2) is 12.4 Å². The lowest BCUT2D eigenvalue weighted by Crippen LogP contribution is -2.12. The van der Waals surface area contributed by atoms with Crippen molar-refractivity contribution in [1.82, 2.24) is 0 Å². The lowest BCUT2D eigenvalue weighted by atomic mass is 10.1. The number of Topliss-reactive ketones (excluding diaryl/α,β-unsaturated/α-hetero) is 1. The monoisotopic (exact) mass is 386 g/mol. The largest absolute Gasteiger partial charge is 0.485 e. The van der Waals surface area contributed by atoms with Gasteiger partial charge < -0.3 is 18.6 Å². The first-order chi connectivity index (χ1) is 13.5. The molecule has 0 radical (unpaired) electrons. The van der Waals surface area contributed by atoms with E-state index < -0.39 is 11.8 Å². The number of halogens is 1. The fourth-order valence-electron chi connectivity index (χ4n) is 2.70. The molecule has 1 aromatic heterocycles. The molecule has 0 N–H and O–H groups in total. The molecule has 28 heavy (non-hydrogen) atoms. The van der Waals surface area contributed by atoms with Crippen LogP contribution in [0.2, 0.25) is 0 Å². The van der Waals surface area contributed by atoms with Gasteiger partial charge in [-0.25, -0.2) is 9.18 Å². The Bertz CT molecular complexity index is 990. The standard InChI is InChI=1S/C21H19FO6/c1-13-20(21(24)26-10-9-25-2)17-11-16(7-8-19(17)28-13)27-12-18(23)14-3-5-15(22)6-4-14/h3-8,11H,9-10,12H2,1-2H3. The van der Waals surface area contributed by atoms with Crippen LogP contribution in [0.15, 0.2) is 46.9 Å². The van der Waals surface area contributed by atoms with Gasteiger partial charge in [0, 0.05) is 18.1 Å². The van der Waals surface area contributed by atoms with Crippen LogP contribution in [0.1, 0.15) is 26.5 Å². The molecule has 3 aromatic rings. The maximum atomic E-state index is 13.0. The van der Waals surface area contributed by atoms with E-state index in [1.807, 2.05) is 0 Å². The van der Waals surface area contributed by atoms with E-state index in [2.05, 4.69) is 0 Å². The molecule has 7 heteroatoms. The molecule has 0 bridgehead atoms. The summed E-state index contributed by atoms with van der Waals surface area (Å²) < 4.78 is 34.1. The van der Waals surface area contributed by atoms with Crippen LogP contribution in [0.3, 0.4) is 0 Å². The zero-order valence-corrected chi connectivity index (χ0v) is 15.5. The molecular formula is C21H19FO6. The molecule has 0 amide bonds. The van der Waals surface area contributed by atoms with Crippen molar-refractivity contribution >= 4 is 22.7 Å². The van der Waals surface area contributed by atoms with Gasteiger partial charge in [-0.2, -0.15) is 0 Å². The smallest absolute Gasteiger partial charge is 0.342 e. The highest BCUT2D eigenvalue weighted by atomic mass is 19.1. The molecule has 0 saturated heterocycles. The van der Waals surface area contributed by atoms with Crippen LogP contribution in [0, 0.1) is 12.7 Å². The van der Waals surface area contributed by atoms with Crippen LogP contribution < -0.4 is 4.74 Å². The van der Waals surface area contributed by atoms with Crippen LogP contribution in [0.5, 0.6) is 5.75 Å². The Hall–Kier alpha value is -3.19. The molecule has 1 heterocycles. The van der Waals surface area contributed by atoms with E-state index in [-0.39, 0.29) is 19.0 Å². The predicted octanol–water partition coefficient (Wildman–Crippen LogP) is 3.95. The van der Waals surface area contributed by atoms with Crippen molar-refractivity contribution in [1.29, 1.82) is 0 Å². The minimum absolute atomic E-state index is 0.129. The summed E-state index contributed by atoms with van der Waals surface area (Å²) in [5.74, 6) is -0.398. The summed E-state index contributed by atoms with van der Waals surface area (Å²) in [4.78, 5) is 24.5.